The zero-order valence-corrected chi connectivity index (χ0v) is 11.8. The molecule has 0 bridgehead atoms. The Labute approximate surface area is 104 Å². The highest BCUT2D eigenvalue weighted by Gasteiger charge is 2.32. The highest BCUT2D eigenvalue weighted by atomic mass is 35.5. The van der Waals surface area contributed by atoms with E-state index < -0.39 is 15.3 Å². The van der Waals surface area contributed by atoms with Crippen molar-refractivity contribution in [2.75, 3.05) is 33.1 Å². The maximum absolute atomic E-state index is 12.1. The molecule has 96 valence electrons. The number of sulfonamides is 1. The highest BCUT2D eigenvalue weighted by Crippen LogP contribution is 2.19. The normalized spacial score (nSPS) is 25.9. The molecule has 1 rings (SSSR count). The monoisotopic (exact) mass is 268 g/mol. The van der Waals surface area contributed by atoms with E-state index in [4.69, 9.17) is 11.6 Å². The highest BCUT2D eigenvalue weighted by molar-refractivity contribution is 7.89. The number of nitrogens with zero attached hydrogens (tertiary/aromatic N) is 2. The third-order valence-corrected chi connectivity index (χ3v) is 6.06. The zero-order valence-electron chi connectivity index (χ0n) is 10.2. The number of likely N-dealkylation sites (N-methyl/N-ethyl adjacent to an activating group) is 1. The van der Waals surface area contributed by atoms with Crippen LogP contribution in [0.2, 0.25) is 0 Å². The van der Waals surface area contributed by atoms with E-state index in [1.807, 2.05) is 14.1 Å². The van der Waals surface area contributed by atoms with Gasteiger partial charge in [-0.05, 0) is 33.9 Å². The minimum Gasteiger partial charge on any atom is -0.305 e. The first-order valence-corrected chi connectivity index (χ1v) is 7.64. The molecule has 0 N–H and O–H groups in total. The quantitative estimate of drug-likeness (QED) is 0.714. The predicted octanol–water partition coefficient (Wildman–Crippen LogP) is 0.970. The minimum atomic E-state index is -3.20. The summed E-state index contributed by atoms with van der Waals surface area (Å²) in [7, 11) is 0.780. The third kappa shape index (κ3) is 3.09. The summed E-state index contributed by atoms with van der Waals surface area (Å²) in [6.45, 7) is 2.89. The van der Waals surface area contributed by atoms with Gasteiger partial charge in [-0.1, -0.05) is 0 Å². The second-order valence-corrected chi connectivity index (χ2v) is 7.29. The lowest BCUT2D eigenvalue weighted by molar-refractivity contribution is 0.189. The summed E-state index contributed by atoms with van der Waals surface area (Å²) in [4.78, 5) is 2.09. The molecule has 0 aromatic rings. The van der Waals surface area contributed by atoms with Gasteiger partial charge >= 0.3 is 0 Å². The maximum atomic E-state index is 12.1. The molecular formula is C10H21ClN2O2S. The molecule has 16 heavy (non-hydrogen) atoms. The number of alkyl halides is 1. The van der Waals surface area contributed by atoms with Gasteiger partial charge < -0.3 is 4.90 Å². The lowest BCUT2D eigenvalue weighted by Gasteiger charge is -2.36. The van der Waals surface area contributed by atoms with Crippen LogP contribution in [0.25, 0.3) is 0 Å². The molecule has 2 unspecified atom stereocenters. The second-order valence-electron chi connectivity index (χ2n) is 4.63. The van der Waals surface area contributed by atoms with Gasteiger partial charge in [-0.25, -0.2) is 12.7 Å². The third-order valence-electron chi connectivity index (χ3n) is 3.18. The Morgan fingerprint density at radius 1 is 1.50 bits per heavy atom. The smallest absolute Gasteiger partial charge is 0.217 e. The van der Waals surface area contributed by atoms with Crippen LogP contribution in [0, 0.1) is 0 Å². The Kier molecular flexibility index (Phi) is 5.04. The molecule has 4 nitrogen and oxygen atoms in total. The Morgan fingerprint density at radius 3 is 2.62 bits per heavy atom. The molecule has 0 spiro atoms. The van der Waals surface area contributed by atoms with Crippen LogP contribution >= 0.6 is 11.6 Å². The summed E-state index contributed by atoms with van der Waals surface area (Å²) in [5.74, 6) is 0.158. The lowest BCUT2D eigenvalue weighted by atomic mass is 10.1. The van der Waals surface area contributed by atoms with Crippen LogP contribution in [-0.2, 0) is 10.0 Å². The largest absolute Gasteiger partial charge is 0.305 e. The summed E-state index contributed by atoms with van der Waals surface area (Å²) in [6, 6.07) is 0.325. The average Bonchev–Trinajstić information content (AvgIpc) is 2.28. The van der Waals surface area contributed by atoms with E-state index in [1.54, 1.807) is 11.2 Å². The number of rotatable bonds is 4. The fourth-order valence-electron chi connectivity index (χ4n) is 1.91. The SMILES string of the molecule is CC(CCl)S(=O)(=O)N1CCCC(N(C)C)C1. The van der Waals surface area contributed by atoms with Crippen molar-refractivity contribution >= 4 is 21.6 Å². The van der Waals surface area contributed by atoms with Crippen LogP contribution in [0.1, 0.15) is 19.8 Å². The van der Waals surface area contributed by atoms with Gasteiger partial charge in [0.2, 0.25) is 10.0 Å². The number of halogens is 1. The van der Waals surface area contributed by atoms with Gasteiger partial charge in [-0.3, -0.25) is 0 Å². The van der Waals surface area contributed by atoms with Crippen LogP contribution < -0.4 is 0 Å². The van der Waals surface area contributed by atoms with Crippen molar-refractivity contribution in [3.63, 3.8) is 0 Å². The Hall–Kier alpha value is 0.160. The Balaban J connectivity index is 2.74. The van der Waals surface area contributed by atoms with Crippen LogP contribution in [-0.4, -0.2) is 62.0 Å². The van der Waals surface area contributed by atoms with E-state index in [0.29, 0.717) is 19.1 Å². The standard InChI is InChI=1S/C10H21ClN2O2S/c1-9(7-11)16(14,15)13-6-4-5-10(8-13)12(2)3/h9-10H,4-8H2,1-3H3. The van der Waals surface area contributed by atoms with Gasteiger partial charge in [-0.2, -0.15) is 0 Å². The first kappa shape index (κ1) is 14.2. The predicted molar refractivity (Wildman–Crippen MR) is 67.4 cm³/mol. The summed E-state index contributed by atoms with van der Waals surface area (Å²) < 4.78 is 25.8. The van der Waals surface area contributed by atoms with Gasteiger partial charge in [0.25, 0.3) is 0 Å². The van der Waals surface area contributed by atoms with Crippen LogP contribution in [0.3, 0.4) is 0 Å². The Bertz CT molecular complexity index is 319. The molecule has 0 aromatic carbocycles. The first-order valence-electron chi connectivity index (χ1n) is 5.61. The van der Waals surface area contributed by atoms with E-state index >= 15 is 0 Å². The van der Waals surface area contributed by atoms with E-state index in [2.05, 4.69) is 4.90 Å². The van der Waals surface area contributed by atoms with Crippen molar-refractivity contribution in [1.82, 2.24) is 9.21 Å². The van der Waals surface area contributed by atoms with Gasteiger partial charge in [0.05, 0.1) is 5.25 Å². The molecule has 0 amide bonds. The topological polar surface area (TPSA) is 40.6 Å². The van der Waals surface area contributed by atoms with Crippen LogP contribution in [0.15, 0.2) is 0 Å². The molecule has 0 aromatic heterocycles. The van der Waals surface area contributed by atoms with Crippen molar-refractivity contribution in [3.8, 4) is 0 Å². The van der Waals surface area contributed by atoms with Gasteiger partial charge in [0.15, 0.2) is 0 Å². The number of hydrogen-bond acceptors (Lipinski definition) is 3. The molecule has 0 saturated carbocycles. The molecule has 1 aliphatic rings. The lowest BCUT2D eigenvalue weighted by Crippen LogP contribution is -2.49. The molecule has 2 atom stereocenters. The van der Waals surface area contributed by atoms with E-state index in [1.165, 1.54) is 0 Å². The zero-order chi connectivity index (χ0) is 12.3. The Morgan fingerprint density at radius 2 is 2.12 bits per heavy atom. The molecule has 0 aliphatic carbocycles. The maximum Gasteiger partial charge on any atom is 0.217 e. The molecule has 6 heteroatoms. The molecule has 1 fully saturated rings. The summed E-state index contributed by atoms with van der Waals surface area (Å²) in [5.41, 5.74) is 0. The molecule has 1 heterocycles. The van der Waals surface area contributed by atoms with Crippen LogP contribution in [0.4, 0.5) is 0 Å². The summed E-state index contributed by atoms with van der Waals surface area (Å²) in [6.07, 6.45) is 1.99. The van der Waals surface area contributed by atoms with E-state index in [9.17, 15) is 8.42 Å². The van der Waals surface area contributed by atoms with Crippen molar-refractivity contribution in [1.29, 1.82) is 0 Å². The van der Waals surface area contributed by atoms with Crippen molar-refractivity contribution in [3.05, 3.63) is 0 Å². The molecule has 0 radical (unpaired) electrons. The van der Waals surface area contributed by atoms with Crippen molar-refractivity contribution in [2.45, 2.75) is 31.1 Å². The van der Waals surface area contributed by atoms with Crippen molar-refractivity contribution < 1.29 is 8.42 Å². The van der Waals surface area contributed by atoms with E-state index in [-0.39, 0.29) is 5.88 Å². The summed E-state index contributed by atoms with van der Waals surface area (Å²) >= 11 is 5.64. The number of hydrogen-bond donors (Lipinski definition) is 0. The fourth-order valence-corrected chi connectivity index (χ4v) is 3.82. The van der Waals surface area contributed by atoms with E-state index in [0.717, 1.165) is 12.8 Å². The molecule has 1 saturated heterocycles. The van der Waals surface area contributed by atoms with Gasteiger partial charge in [0.1, 0.15) is 0 Å². The minimum absolute atomic E-state index is 0.158. The molecule has 1 aliphatic heterocycles. The first-order chi connectivity index (χ1) is 7.39. The average molecular weight is 269 g/mol. The van der Waals surface area contributed by atoms with Crippen LogP contribution in [0.5, 0.6) is 0 Å². The fraction of sp³-hybridized carbons (Fsp3) is 1.00. The van der Waals surface area contributed by atoms with Gasteiger partial charge in [0, 0.05) is 25.0 Å². The van der Waals surface area contributed by atoms with Gasteiger partial charge in [-0.15, -0.1) is 11.6 Å². The second kappa shape index (κ2) is 5.67. The molecular weight excluding hydrogens is 248 g/mol. The number of piperidine rings is 1. The summed E-state index contributed by atoms with van der Waals surface area (Å²) in [5, 5.41) is -0.491. The van der Waals surface area contributed by atoms with Crippen molar-refractivity contribution in [2.24, 2.45) is 0 Å².